The number of aliphatic hydroxyl groups is 1. The van der Waals surface area contributed by atoms with Crippen molar-refractivity contribution in [1.29, 1.82) is 0 Å². The molecule has 6 heteroatoms. The molecule has 0 aromatic heterocycles. The first kappa shape index (κ1) is 18.7. The monoisotopic (exact) mass is 284 g/mol. The Morgan fingerprint density at radius 1 is 1.11 bits per heavy atom. The van der Waals surface area contributed by atoms with E-state index in [9.17, 15) is 18.3 Å². The Morgan fingerprint density at radius 3 is 2.16 bits per heavy atom. The number of nitrogens with one attached hydrogen (secondary N) is 1. The van der Waals surface area contributed by atoms with E-state index in [0.29, 0.717) is 25.9 Å². The molecule has 0 saturated carbocycles. The van der Waals surface area contributed by atoms with E-state index in [-0.39, 0.29) is 6.61 Å². The highest BCUT2D eigenvalue weighted by molar-refractivity contribution is 4.83. The molecule has 0 heterocycles. The molecule has 19 heavy (non-hydrogen) atoms. The summed E-state index contributed by atoms with van der Waals surface area (Å²) in [6, 6.07) is 0. The minimum Gasteiger partial charge on any atom is -0.394 e. The molecule has 0 saturated heterocycles. The van der Waals surface area contributed by atoms with Gasteiger partial charge in [0.15, 0.2) is 0 Å². The summed E-state index contributed by atoms with van der Waals surface area (Å²) in [7, 11) is 0. The van der Waals surface area contributed by atoms with Crippen LogP contribution in [0.5, 0.6) is 0 Å². The number of aliphatic hydroxyl groups excluding tert-OH is 1. The van der Waals surface area contributed by atoms with Gasteiger partial charge in [-0.3, -0.25) is 4.90 Å². The Kier molecular flexibility index (Phi) is 8.61. The van der Waals surface area contributed by atoms with Crippen LogP contribution in [0.2, 0.25) is 0 Å². The third kappa shape index (κ3) is 9.24. The van der Waals surface area contributed by atoms with Gasteiger partial charge in [-0.25, -0.2) is 0 Å². The second-order valence-electron chi connectivity index (χ2n) is 5.29. The Hall–Kier alpha value is -0.330. The van der Waals surface area contributed by atoms with Crippen molar-refractivity contribution in [2.45, 2.75) is 51.7 Å². The fourth-order valence-corrected chi connectivity index (χ4v) is 1.89. The van der Waals surface area contributed by atoms with Crippen molar-refractivity contribution in [1.82, 2.24) is 10.2 Å². The van der Waals surface area contributed by atoms with Crippen LogP contribution < -0.4 is 5.32 Å². The van der Waals surface area contributed by atoms with Crippen molar-refractivity contribution in [3.05, 3.63) is 0 Å². The van der Waals surface area contributed by atoms with Gasteiger partial charge in [-0.05, 0) is 39.3 Å². The molecule has 2 N–H and O–H groups in total. The van der Waals surface area contributed by atoms with Gasteiger partial charge in [-0.2, -0.15) is 13.2 Å². The minimum absolute atomic E-state index is 0.0705. The van der Waals surface area contributed by atoms with Crippen molar-refractivity contribution < 1.29 is 18.3 Å². The average molecular weight is 284 g/mol. The molecular weight excluding hydrogens is 257 g/mol. The Bertz CT molecular complexity index is 236. The molecule has 1 unspecified atom stereocenters. The van der Waals surface area contributed by atoms with Gasteiger partial charge in [-0.15, -0.1) is 0 Å². The van der Waals surface area contributed by atoms with Gasteiger partial charge < -0.3 is 10.4 Å². The van der Waals surface area contributed by atoms with E-state index in [2.05, 4.69) is 5.32 Å². The normalized spacial score (nSPS) is 15.8. The predicted octanol–water partition coefficient (Wildman–Crippen LogP) is 2.40. The largest absolute Gasteiger partial charge is 0.401 e. The van der Waals surface area contributed by atoms with E-state index in [1.165, 1.54) is 4.90 Å². The highest BCUT2D eigenvalue weighted by atomic mass is 19.4. The summed E-state index contributed by atoms with van der Waals surface area (Å²) in [6.07, 6.45) is -2.05. The van der Waals surface area contributed by atoms with E-state index in [0.717, 1.165) is 13.0 Å². The van der Waals surface area contributed by atoms with Crippen LogP contribution in [-0.2, 0) is 0 Å². The fourth-order valence-electron chi connectivity index (χ4n) is 1.89. The van der Waals surface area contributed by atoms with Crippen LogP contribution in [0.3, 0.4) is 0 Å². The zero-order valence-corrected chi connectivity index (χ0v) is 12.2. The number of rotatable bonds is 10. The molecular formula is C13H27F3N2O. The fraction of sp³-hybridized carbons (Fsp3) is 1.00. The third-order valence-electron chi connectivity index (χ3n) is 3.07. The summed E-state index contributed by atoms with van der Waals surface area (Å²) in [5.41, 5.74) is -0.506. The van der Waals surface area contributed by atoms with E-state index >= 15 is 0 Å². The Balaban J connectivity index is 4.34. The number of nitrogens with zero attached hydrogens (tertiary/aromatic N) is 1. The van der Waals surface area contributed by atoms with E-state index in [1.54, 1.807) is 0 Å². The van der Waals surface area contributed by atoms with Crippen molar-refractivity contribution in [3.63, 3.8) is 0 Å². The molecule has 0 rings (SSSR count). The first-order chi connectivity index (χ1) is 8.76. The second-order valence-corrected chi connectivity index (χ2v) is 5.29. The molecule has 0 aromatic rings. The van der Waals surface area contributed by atoms with Crippen molar-refractivity contribution in [3.8, 4) is 0 Å². The van der Waals surface area contributed by atoms with Crippen LogP contribution in [0.25, 0.3) is 0 Å². The summed E-state index contributed by atoms with van der Waals surface area (Å²) in [5, 5.41) is 12.6. The van der Waals surface area contributed by atoms with Crippen LogP contribution in [0.4, 0.5) is 13.2 Å². The molecule has 0 aliphatic rings. The van der Waals surface area contributed by atoms with Crippen LogP contribution >= 0.6 is 0 Å². The standard InChI is InChI=1S/C13H27F3N2O/c1-4-7-17-12(3,11-19)6-9-18(8-5-2)10-13(14,15)16/h17,19H,4-11H2,1-3H3. The van der Waals surface area contributed by atoms with Gasteiger partial charge in [0.2, 0.25) is 0 Å². The number of alkyl halides is 3. The molecule has 0 aliphatic heterocycles. The van der Waals surface area contributed by atoms with Crippen LogP contribution in [-0.4, -0.2) is 54.5 Å². The van der Waals surface area contributed by atoms with Gasteiger partial charge in [0.25, 0.3) is 0 Å². The average Bonchev–Trinajstić information content (AvgIpc) is 2.32. The van der Waals surface area contributed by atoms with Crippen LogP contribution in [0, 0.1) is 0 Å². The Labute approximate surface area is 114 Å². The molecule has 116 valence electrons. The topological polar surface area (TPSA) is 35.5 Å². The van der Waals surface area contributed by atoms with E-state index in [4.69, 9.17) is 0 Å². The Morgan fingerprint density at radius 2 is 1.74 bits per heavy atom. The van der Waals surface area contributed by atoms with Crippen LogP contribution in [0.1, 0.15) is 40.0 Å². The molecule has 1 atom stereocenters. The van der Waals surface area contributed by atoms with E-state index in [1.807, 2.05) is 20.8 Å². The lowest BCUT2D eigenvalue weighted by Gasteiger charge is -2.32. The van der Waals surface area contributed by atoms with Crippen molar-refractivity contribution in [2.24, 2.45) is 0 Å². The zero-order valence-electron chi connectivity index (χ0n) is 12.2. The summed E-state index contributed by atoms with van der Waals surface area (Å²) in [4.78, 5) is 1.40. The summed E-state index contributed by atoms with van der Waals surface area (Å²) in [5.74, 6) is 0. The van der Waals surface area contributed by atoms with Gasteiger partial charge in [0, 0.05) is 12.1 Å². The maximum atomic E-state index is 12.4. The SMILES string of the molecule is CCCNC(C)(CO)CCN(CCC)CC(F)(F)F. The highest BCUT2D eigenvalue weighted by Gasteiger charge is 2.31. The molecule has 0 aromatic carbocycles. The quantitative estimate of drug-likeness (QED) is 0.646. The molecule has 3 nitrogen and oxygen atoms in total. The van der Waals surface area contributed by atoms with Crippen molar-refractivity contribution in [2.75, 3.05) is 32.8 Å². The summed E-state index contributed by atoms with van der Waals surface area (Å²) < 4.78 is 37.3. The summed E-state index contributed by atoms with van der Waals surface area (Å²) >= 11 is 0. The number of hydrogen-bond donors (Lipinski definition) is 2. The molecule has 0 aliphatic carbocycles. The first-order valence-corrected chi connectivity index (χ1v) is 6.91. The lowest BCUT2D eigenvalue weighted by Crippen LogP contribution is -2.49. The summed E-state index contributed by atoms with van der Waals surface area (Å²) in [6.45, 7) is 6.29. The second kappa shape index (κ2) is 8.76. The lowest BCUT2D eigenvalue weighted by atomic mass is 9.98. The van der Waals surface area contributed by atoms with Crippen LogP contribution in [0.15, 0.2) is 0 Å². The van der Waals surface area contributed by atoms with E-state index < -0.39 is 18.3 Å². The van der Waals surface area contributed by atoms with Gasteiger partial charge in [0.1, 0.15) is 0 Å². The maximum absolute atomic E-state index is 12.4. The van der Waals surface area contributed by atoms with Gasteiger partial charge in [-0.1, -0.05) is 13.8 Å². The molecule has 0 radical (unpaired) electrons. The van der Waals surface area contributed by atoms with Crippen molar-refractivity contribution >= 4 is 0 Å². The molecule has 0 bridgehead atoms. The lowest BCUT2D eigenvalue weighted by molar-refractivity contribution is -0.146. The first-order valence-electron chi connectivity index (χ1n) is 6.91. The minimum atomic E-state index is -4.17. The zero-order chi connectivity index (χ0) is 14.9. The number of halogens is 3. The maximum Gasteiger partial charge on any atom is 0.401 e. The smallest absolute Gasteiger partial charge is 0.394 e. The van der Waals surface area contributed by atoms with Gasteiger partial charge >= 0.3 is 6.18 Å². The molecule has 0 fully saturated rings. The molecule has 0 spiro atoms. The predicted molar refractivity (Wildman–Crippen MR) is 71.2 cm³/mol. The molecule has 0 amide bonds. The highest BCUT2D eigenvalue weighted by Crippen LogP contribution is 2.18. The third-order valence-corrected chi connectivity index (χ3v) is 3.07. The van der Waals surface area contributed by atoms with Gasteiger partial charge in [0.05, 0.1) is 13.2 Å². The number of hydrogen-bond acceptors (Lipinski definition) is 3.